The Morgan fingerprint density at radius 2 is 2.10 bits per heavy atom. The quantitative estimate of drug-likeness (QED) is 0.614. The van der Waals surface area contributed by atoms with Gasteiger partial charge >= 0.3 is 0 Å². The van der Waals surface area contributed by atoms with Gasteiger partial charge in [-0.1, -0.05) is 13.8 Å². The number of ether oxygens (including phenoxy) is 1. The van der Waals surface area contributed by atoms with Gasteiger partial charge in [-0.25, -0.2) is 0 Å². The molecule has 2 N–H and O–H groups in total. The van der Waals surface area contributed by atoms with Crippen molar-refractivity contribution < 1.29 is 9.53 Å². The van der Waals surface area contributed by atoms with Gasteiger partial charge in [-0.05, 0) is 5.92 Å². The summed E-state index contributed by atoms with van der Waals surface area (Å²) in [6.45, 7) is 3.95. The molecule has 3 nitrogen and oxygen atoms in total. The highest BCUT2D eigenvalue weighted by Crippen LogP contribution is 1.98. The molecule has 0 aromatic heterocycles. The van der Waals surface area contributed by atoms with Crippen molar-refractivity contribution in [2.75, 3.05) is 13.7 Å². The minimum Gasteiger partial charge on any atom is -0.377 e. The van der Waals surface area contributed by atoms with E-state index in [0.29, 0.717) is 0 Å². The predicted molar refractivity (Wildman–Crippen MR) is 39.7 cm³/mol. The van der Waals surface area contributed by atoms with Crippen molar-refractivity contribution in [3.05, 3.63) is 0 Å². The van der Waals surface area contributed by atoms with E-state index in [9.17, 15) is 4.79 Å². The minimum absolute atomic E-state index is 0.0301. The van der Waals surface area contributed by atoms with E-state index in [4.69, 9.17) is 5.73 Å². The first kappa shape index (κ1) is 9.59. The first-order valence-electron chi connectivity index (χ1n) is 3.36. The lowest BCUT2D eigenvalue weighted by Gasteiger charge is -2.12. The first-order valence-corrected chi connectivity index (χ1v) is 3.36. The third-order valence-corrected chi connectivity index (χ3v) is 1.38. The van der Waals surface area contributed by atoms with Gasteiger partial charge in [-0.2, -0.15) is 0 Å². The van der Waals surface area contributed by atoms with E-state index in [1.54, 1.807) is 0 Å². The highest BCUT2D eigenvalue weighted by atomic mass is 16.5. The van der Waals surface area contributed by atoms with Crippen molar-refractivity contribution in [3.8, 4) is 0 Å². The Hall–Kier alpha value is -0.410. The van der Waals surface area contributed by atoms with E-state index < -0.39 is 0 Å². The average Bonchev–Trinajstić information content (AvgIpc) is 1.87. The zero-order valence-corrected chi connectivity index (χ0v) is 6.76. The fourth-order valence-electron chi connectivity index (χ4n) is 0.610. The Balaban J connectivity index is 3.71. The summed E-state index contributed by atoms with van der Waals surface area (Å²) in [5.41, 5.74) is 5.52. The first-order chi connectivity index (χ1) is 4.59. The van der Waals surface area contributed by atoms with Crippen LogP contribution in [0.15, 0.2) is 0 Å². The molecule has 0 aliphatic carbocycles. The second-order valence-corrected chi connectivity index (χ2v) is 2.67. The van der Waals surface area contributed by atoms with E-state index in [0.717, 1.165) is 0 Å². The van der Waals surface area contributed by atoms with Crippen LogP contribution in [0.5, 0.6) is 0 Å². The van der Waals surface area contributed by atoms with Crippen LogP contribution >= 0.6 is 0 Å². The largest absolute Gasteiger partial charge is 0.377 e. The topological polar surface area (TPSA) is 52.3 Å². The van der Waals surface area contributed by atoms with E-state index >= 15 is 0 Å². The van der Waals surface area contributed by atoms with Crippen molar-refractivity contribution in [1.29, 1.82) is 0 Å². The van der Waals surface area contributed by atoms with Crippen LogP contribution in [0.2, 0.25) is 0 Å². The number of carbonyl (C=O) groups is 1. The van der Waals surface area contributed by atoms with Crippen molar-refractivity contribution in [2.45, 2.75) is 19.9 Å². The van der Waals surface area contributed by atoms with Gasteiger partial charge in [0.15, 0.2) is 5.78 Å². The Morgan fingerprint density at radius 1 is 1.60 bits per heavy atom. The lowest BCUT2D eigenvalue weighted by atomic mass is 10.0. The molecule has 0 saturated heterocycles. The van der Waals surface area contributed by atoms with Crippen LogP contribution < -0.4 is 5.73 Å². The van der Waals surface area contributed by atoms with Gasteiger partial charge in [-0.3, -0.25) is 4.79 Å². The second kappa shape index (κ2) is 4.41. The molecule has 0 aliphatic rings. The summed E-state index contributed by atoms with van der Waals surface area (Å²) < 4.78 is 4.65. The Kier molecular flexibility index (Phi) is 4.23. The molecule has 1 atom stereocenters. The van der Waals surface area contributed by atoms with Gasteiger partial charge in [-0.15, -0.1) is 0 Å². The summed E-state index contributed by atoms with van der Waals surface area (Å²) in [5.74, 6) is 0.167. The van der Waals surface area contributed by atoms with Crippen molar-refractivity contribution in [3.63, 3.8) is 0 Å². The molecule has 0 rings (SSSR count). The smallest absolute Gasteiger partial charge is 0.175 e. The predicted octanol–water partition coefficient (Wildman–Crippen LogP) is 0.185. The van der Waals surface area contributed by atoms with Crippen LogP contribution in [-0.2, 0) is 9.53 Å². The van der Waals surface area contributed by atoms with E-state index in [-0.39, 0.29) is 24.3 Å². The number of hydrogen-bond acceptors (Lipinski definition) is 3. The zero-order chi connectivity index (χ0) is 8.15. The highest BCUT2D eigenvalue weighted by molar-refractivity contribution is 5.85. The number of carbonyl (C=O) groups excluding carboxylic acids is 1. The molecule has 1 unspecified atom stereocenters. The minimum atomic E-state index is -0.375. The zero-order valence-electron chi connectivity index (χ0n) is 6.76. The Labute approximate surface area is 61.5 Å². The number of methoxy groups -OCH3 is 1. The number of Topliss-reactive ketones (excluding diaryl/α,β-unsaturated/α-hetero) is 1. The normalized spacial score (nSPS) is 13.7. The fourth-order valence-corrected chi connectivity index (χ4v) is 0.610. The molecule has 0 saturated carbocycles. The third kappa shape index (κ3) is 2.94. The standard InChI is InChI=1S/C7H15NO2/c1-5(2)7(8)6(9)4-10-3/h5,7H,4,8H2,1-3H3. The SMILES string of the molecule is COCC(=O)C(N)C(C)C. The summed E-state index contributed by atoms with van der Waals surface area (Å²) in [6, 6.07) is -0.375. The molecule has 0 aromatic carbocycles. The summed E-state index contributed by atoms with van der Waals surface area (Å²) in [6.07, 6.45) is 0. The fraction of sp³-hybridized carbons (Fsp3) is 0.857. The molecule has 0 spiro atoms. The van der Waals surface area contributed by atoms with Crippen LogP contribution in [-0.4, -0.2) is 25.5 Å². The monoisotopic (exact) mass is 145 g/mol. The van der Waals surface area contributed by atoms with E-state index in [1.807, 2.05) is 13.8 Å². The van der Waals surface area contributed by atoms with Crippen LogP contribution in [0, 0.1) is 5.92 Å². The lowest BCUT2D eigenvalue weighted by molar-refractivity contribution is -0.124. The van der Waals surface area contributed by atoms with Crippen molar-refractivity contribution >= 4 is 5.78 Å². The molecule has 0 amide bonds. The van der Waals surface area contributed by atoms with Crippen LogP contribution in [0.4, 0.5) is 0 Å². The Morgan fingerprint density at radius 3 is 2.40 bits per heavy atom. The molecule has 3 heteroatoms. The molecule has 0 aromatic rings. The lowest BCUT2D eigenvalue weighted by Crippen LogP contribution is -2.37. The summed E-state index contributed by atoms with van der Waals surface area (Å²) in [5, 5.41) is 0. The molecular formula is C7H15NO2. The van der Waals surface area contributed by atoms with Gasteiger partial charge in [0.1, 0.15) is 6.61 Å². The molecule has 0 bridgehead atoms. The number of ketones is 1. The van der Waals surface area contributed by atoms with Crippen LogP contribution in [0.25, 0.3) is 0 Å². The number of hydrogen-bond donors (Lipinski definition) is 1. The van der Waals surface area contributed by atoms with E-state index in [1.165, 1.54) is 7.11 Å². The van der Waals surface area contributed by atoms with Crippen LogP contribution in [0.3, 0.4) is 0 Å². The van der Waals surface area contributed by atoms with Gasteiger partial charge < -0.3 is 10.5 Å². The maximum absolute atomic E-state index is 10.9. The molecule has 0 aliphatic heterocycles. The second-order valence-electron chi connectivity index (χ2n) is 2.67. The molecule has 10 heavy (non-hydrogen) atoms. The maximum atomic E-state index is 10.9. The number of nitrogens with two attached hydrogens (primary N) is 1. The maximum Gasteiger partial charge on any atom is 0.175 e. The molecule has 0 radical (unpaired) electrons. The van der Waals surface area contributed by atoms with Gasteiger partial charge in [0.2, 0.25) is 0 Å². The average molecular weight is 145 g/mol. The molecule has 60 valence electrons. The molecule has 0 fully saturated rings. The number of rotatable bonds is 4. The third-order valence-electron chi connectivity index (χ3n) is 1.38. The van der Waals surface area contributed by atoms with Gasteiger partial charge in [0, 0.05) is 7.11 Å². The summed E-state index contributed by atoms with van der Waals surface area (Å²) >= 11 is 0. The Bertz CT molecular complexity index is 112. The summed E-state index contributed by atoms with van der Waals surface area (Å²) in [7, 11) is 1.49. The highest BCUT2D eigenvalue weighted by Gasteiger charge is 2.15. The van der Waals surface area contributed by atoms with Crippen molar-refractivity contribution in [2.24, 2.45) is 11.7 Å². The van der Waals surface area contributed by atoms with Crippen molar-refractivity contribution in [1.82, 2.24) is 0 Å². The molecule has 0 heterocycles. The van der Waals surface area contributed by atoms with Gasteiger partial charge in [0.25, 0.3) is 0 Å². The molecular weight excluding hydrogens is 130 g/mol. The van der Waals surface area contributed by atoms with Crippen LogP contribution in [0.1, 0.15) is 13.8 Å². The van der Waals surface area contributed by atoms with Gasteiger partial charge in [0.05, 0.1) is 6.04 Å². The summed E-state index contributed by atoms with van der Waals surface area (Å²) in [4.78, 5) is 10.9. The van der Waals surface area contributed by atoms with E-state index in [2.05, 4.69) is 4.74 Å².